The second kappa shape index (κ2) is 8.04. The minimum Gasteiger partial charge on any atom is -0.346 e. The number of aromatic nitrogens is 1. The first-order valence-electron chi connectivity index (χ1n) is 8.21. The molecule has 0 bridgehead atoms. The molecule has 3 aromatic rings. The fourth-order valence-corrected chi connectivity index (χ4v) is 3.67. The molecule has 9 heteroatoms. The summed E-state index contributed by atoms with van der Waals surface area (Å²) in [5.74, 6) is -1.41. The summed E-state index contributed by atoms with van der Waals surface area (Å²) in [6.45, 7) is 3.35. The Labute approximate surface area is 169 Å². The lowest BCUT2D eigenvalue weighted by atomic mass is 10.1. The van der Waals surface area contributed by atoms with E-state index in [2.05, 4.69) is 10.3 Å². The number of hydrogen-bond acceptors (Lipinski definition) is 5. The minimum absolute atomic E-state index is 0.107. The lowest BCUT2D eigenvalue weighted by Crippen LogP contribution is -2.23. The zero-order valence-corrected chi connectivity index (χ0v) is 16.5. The fraction of sp³-hybridized carbons (Fsp3) is 0.158. The number of aryl methyl sites for hydroxylation is 1. The average molecular weight is 420 g/mol. The van der Waals surface area contributed by atoms with Crippen molar-refractivity contribution in [3.8, 4) is 11.3 Å². The van der Waals surface area contributed by atoms with Gasteiger partial charge in [0.05, 0.1) is 22.7 Å². The summed E-state index contributed by atoms with van der Waals surface area (Å²) in [4.78, 5) is 28.1. The molecular formula is C19H15ClFN3O3S. The van der Waals surface area contributed by atoms with Gasteiger partial charge in [0.1, 0.15) is 10.8 Å². The number of nitro groups is 1. The number of rotatable bonds is 5. The summed E-state index contributed by atoms with van der Waals surface area (Å²) >= 11 is 7.33. The van der Waals surface area contributed by atoms with Crippen molar-refractivity contribution in [3.05, 3.63) is 78.4 Å². The molecule has 0 radical (unpaired) electrons. The van der Waals surface area contributed by atoms with Crippen LogP contribution in [0.4, 0.5) is 10.1 Å². The van der Waals surface area contributed by atoms with E-state index in [1.165, 1.54) is 18.3 Å². The van der Waals surface area contributed by atoms with Crippen molar-refractivity contribution in [1.82, 2.24) is 10.3 Å². The molecule has 0 aliphatic rings. The first kappa shape index (κ1) is 19.9. The molecular weight excluding hydrogens is 405 g/mol. The van der Waals surface area contributed by atoms with Gasteiger partial charge in [0.2, 0.25) is 0 Å². The van der Waals surface area contributed by atoms with E-state index in [1.807, 2.05) is 19.1 Å². The second-order valence-corrected chi connectivity index (χ2v) is 7.79. The second-order valence-electron chi connectivity index (χ2n) is 6.06. The molecule has 0 aliphatic carbocycles. The van der Waals surface area contributed by atoms with Gasteiger partial charge in [-0.15, -0.1) is 11.3 Å². The molecule has 0 aliphatic heterocycles. The zero-order chi connectivity index (χ0) is 20.4. The van der Waals surface area contributed by atoms with Gasteiger partial charge in [0.25, 0.3) is 11.6 Å². The standard InChI is InChI=1S/C19H15ClFN3O3S/c1-10-15(21)7-13(8-16(10)24(26)27)19(25)22-9-17-23-18(11(2)28-17)12-3-5-14(20)6-4-12/h3-8H,9H2,1-2H3,(H,22,25). The Morgan fingerprint density at radius 2 is 1.96 bits per heavy atom. The van der Waals surface area contributed by atoms with Crippen molar-refractivity contribution in [1.29, 1.82) is 0 Å². The SMILES string of the molecule is Cc1sc(CNC(=O)c2cc(F)c(C)c([N+](=O)[O-])c2)nc1-c1ccc(Cl)cc1. The highest BCUT2D eigenvalue weighted by Crippen LogP contribution is 2.28. The normalized spacial score (nSPS) is 10.7. The summed E-state index contributed by atoms with van der Waals surface area (Å²) in [5.41, 5.74) is 1.06. The highest BCUT2D eigenvalue weighted by Gasteiger charge is 2.20. The molecule has 1 aromatic heterocycles. The Balaban J connectivity index is 1.76. The van der Waals surface area contributed by atoms with Crippen LogP contribution in [0.1, 0.15) is 25.8 Å². The molecule has 1 heterocycles. The van der Waals surface area contributed by atoms with Crippen LogP contribution in [-0.2, 0) is 6.54 Å². The van der Waals surface area contributed by atoms with Crippen LogP contribution in [0.3, 0.4) is 0 Å². The molecule has 2 aromatic carbocycles. The van der Waals surface area contributed by atoms with Crippen LogP contribution in [0.15, 0.2) is 36.4 Å². The smallest absolute Gasteiger partial charge is 0.276 e. The van der Waals surface area contributed by atoms with Crippen LogP contribution < -0.4 is 5.32 Å². The number of carbonyl (C=O) groups excluding carboxylic acids is 1. The molecule has 1 N–H and O–H groups in total. The monoisotopic (exact) mass is 419 g/mol. The topological polar surface area (TPSA) is 85.1 Å². The Hall–Kier alpha value is -2.84. The van der Waals surface area contributed by atoms with Crippen molar-refractivity contribution in [2.24, 2.45) is 0 Å². The summed E-state index contributed by atoms with van der Waals surface area (Å²) in [6.07, 6.45) is 0. The van der Waals surface area contributed by atoms with Crippen molar-refractivity contribution < 1.29 is 14.1 Å². The van der Waals surface area contributed by atoms with Crippen molar-refractivity contribution in [2.75, 3.05) is 0 Å². The molecule has 0 fully saturated rings. The van der Waals surface area contributed by atoms with E-state index in [9.17, 15) is 19.3 Å². The maximum atomic E-state index is 13.9. The van der Waals surface area contributed by atoms with Crippen molar-refractivity contribution in [2.45, 2.75) is 20.4 Å². The lowest BCUT2D eigenvalue weighted by Gasteiger charge is -2.05. The van der Waals surface area contributed by atoms with Gasteiger partial charge >= 0.3 is 0 Å². The minimum atomic E-state index is -0.797. The number of halogens is 2. The Kier molecular flexibility index (Phi) is 5.71. The van der Waals surface area contributed by atoms with Crippen molar-refractivity contribution >= 4 is 34.5 Å². The van der Waals surface area contributed by atoms with E-state index in [0.717, 1.165) is 28.3 Å². The van der Waals surface area contributed by atoms with Crippen LogP contribution >= 0.6 is 22.9 Å². The lowest BCUT2D eigenvalue weighted by molar-refractivity contribution is -0.385. The predicted molar refractivity (Wildman–Crippen MR) is 106 cm³/mol. The van der Waals surface area contributed by atoms with Crippen LogP contribution in [-0.4, -0.2) is 15.8 Å². The molecule has 28 heavy (non-hydrogen) atoms. The van der Waals surface area contributed by atoms with Gasteiger partial charge in [-0.05, 0) is 32.0 Å². The van der Waals surface area contributed by atoms with Crippen LogP contribution in [0.5, 0.6) is 0 Å². The number of hydrogen-bond donors (Lipinski definition) is 1. The molecule has 3 rings (SSSR count). The molecule has 0 spiro atoms. The highest BCUT2D eigenvalue weighted by atomic mass is 35.5. The molecule has 144 valence electrons. The average Bonchev–Trinajstić information content (AvgIpc) is 3.03. The third kappa shape index (κ3) is 4.18. The third-order valence-corrected chi connectivity index (χ3v) is 5.36. The number of benzene rings is 2. The number of nitrogens with one attached hydrogen (secondary N) is 1. The summed E-state index contributed by atoms with van der Waals surface area (Å²) in [6, 6.07) is 9.33. The van der Waals surface area contributed by atoms with Gasteiger partial charge in [-0.25, -0.2) is 9.37 Å². The van der Waals surface area contributed by atoms with Gasteiger partial charge in [-0.3, -0.25) is 14.9 Å². The number of amides is 1. The Morgan fingerprint density at radius 3 is 2.61 bits per heavy atom. The number of nitro benzene ring substituents is 1. The van der Waals surface area contributed by atoms with Gasteiger partial charge in [-0.1, -0.05) is 23.7 Å². The number of nitrogens with zero attached hydrogens (tertiary/aromatic N) is 2. The maximum Gasteiger partial charge on any atom is 0.276 e. The Morgan fingerprint density at radius 1 is 1.29 bits per heavy atom. The van der Waals surface area contributed by atoms with E-state index in [-0.39, 0.29) is 17.7 Å². The van der Waals surface area contributed by atoms with Crippen LogP contribution in [0.25, 0.3) is 11.3 Å². The van der Waals surface area contributed by atoms with Crippen LogP contribution in [0, 0.1) is 29.8 Å². The Bertz CT molecular complexity index is 1070. The predicted octanol–water partition coefficient (Wildman–Crippen LogP) is 5.06. The first-order valence-corrected chi connectivity index (χ1v) is 9.40. The molecule has 6 nitrogen and oxygen atoms in total. The van der Waals surface area contributed by atoms with Gasteiger partial charge in [0, 0.05) is 27.1 Å². The summed E-state index contributed by atoms with van der Waals surface area (Å²) in [5, 5.41) is 14.9. The fourth-order valence-electron chi connectivity index (χ4n) is 2.65. The van der Waals surface area contributed by atoms with E-state index in [0.29, 0.717) is 10.0 Å². The third-order valence-electron chi connectivity index (χ3n) is 4.13. The molecule has 0 saturated heterocycles. The van der Waals surface area contributed by atoms with Crippen molar-refractivity contribution in [3.63, 3.8) is 0 Å². The molecule has 0 atom stereocenters. The zero-order valence-electron chi connectivity index (χ0n) is 15.0. The van der Waals surface area contributed by atoms with E-state index in [4.69, 9.17) is 11.6 Å². The van der Waals surface area contributed by atoms with Gasteiger partial charge in [0.15, 0.2) is 0 Å². The van der Waals surface area contributed by atoms with Gasteiger partial charge in [-0.2, -0.15) is 0 Å². The first-order chi connectivity index (χ1) is 13.3. The van der Waals surface area contributed by atoms with E-state index < -0.39 is 22.3 Å². The van der Waals surface area contributed by atoms with Crippen LogP contribution in [0.2, 0.25) is 5.02 Å². The largest absolute Gasteiger partial charge is 0.346 e. The number of thiazole rings is 1. The summed E-state index contributed by atoms with van der Waals surface area (Å²) < 4.78 is 13.9. The number of carbonyl (C=O) groups is 1. The molecule has 0 unspecified atom stereocenters. The molecule has 0 saturated carbocycles. The van der Waals surface area contributed by atoms with E-state index >= 15 is 0 Å². The molecule has 1 amide bonds. The van der Waals surface area contributed by atoms with Gasteiger partial charge < -0.3 is 5.32 Å². The maximum absolute atomic E-state index is 13.9. The highest BCUT2D eigenvalue weighted by molar-refractivity contribution is 7.12. The quantitative estimate of drug-likeness (QED) is 0.462. The summed E-state index contributed by atoms with van der Waals surface area (Å²) in [7, 11) is 0. The van der Waals surface area contributed by atoms with E-state index in [1.54, 1.807) is 12.1 Å².